The number of hydrogen-bond acceptors (Lipinski definition) is 8. The van der Waals surface area contributed by atoms with E-state index in [1.54, 1.807) is 12.5 Å². The van der Waals surface area contributed by atoms with Crippen molar-refractivity contribution >= 4 is 28.8 Å². The first-order valence-corrected chi connectivity index (χ1v) is 11.2. The molecule has 0 saturated carbocycles. The molecule has 32 heavy (non-hydrogen) atoms. The van der Waals surface area contributed by atoms with E-state index in [2.05, 4.69) is 20.2 Å². The van der Waals surface area contributed by atoms with E-state index in [-0.39, 0.29) is 18.6 Å². The van der Waals surface area contributed by atoms with Gasteiger partial charge in [0, 0.05) is 51.5 Å². The van der Waals surface area contributed by atoms with Crippen LogP contribution >= 0.6 is 0 Å². The zero-order chi connectivity index (χ0) is 21.9. The van der Waals surface area contributed by atoms with Crippen molar-refractivity contribution in [1.82, 2.24) is 29.4 Å². The average Bonchev–Trinajstić information content (AvgIpc) is 3.56. The van der Waals surface area contributed by atoms with Crippen molar-refractivity contribution in [1.29, 1.82) is 0 Å². The molecule has 2 saturated heterocycles. The number of hydrogen-bond donors (Lipinski definition) is 2. The molecular weight excluding hydrogens is 408 g/mol. The molecule has 168 valence electrons. The number of aliphatic hydroxyl groups is 1. The zero-order valence-corrected chi connectivity index (χ0v) is 18.0. The molecule has 1 atom stereocenters. The summed E-state index contributed by atoms with van der Waals surface area (Å²) in [5.41, 5.74) is 2.48. The first-order valence-electron chi connectivity index (χ1n) is 11.2. The molecule has 3 aromatic heterocycles. The second kappa shape index (κ2) is 9.07. The molecule has 3 aromatic rings. The second-order valence-electron chi connectivity index (χ2n) is 8.35. The van der Waals surface area contributed by atoms with Crippen LogP contribution in [0.2, 0.25) is 0 Å². The summed E-state index contributed by atoms with van der Waals surface area (Å²) >= 11 is 0. The number of likely N-dealkylation sites (tertiary alicyclic amines) is 1. The molecule has 2 fully saturated rings. The Kier molecular flexibility index (Phi) is 5.85. The highest BCUT2D eigenvalue weighted by molar-refractivity contribution is 5.84. The van der Waals surface area contributed by atoms with Crippen LogP contribution in [0.15, 0.2) is 30.9 Å². The Bertz CT molecular complexity index is 1090. The fourth-order valence-corrected chi connectivity index (χ4v) is 4.49. The van der Waals surface area contributed by atoms with Gasteiger partial charge in [-0.15, -0.1) is 0 Å². The maximum absolute atomic E-state index is 12.0. The number of rotatable bonds is 8. The molecule has 10 nitrogen and oxygen atoms in total. The lowest BCUT2D eigenvalue weighted by molar-refractivity contribution is -0.127. The van der Waals surface area contributed by atoms with Gasteiger partial charge in [0.25, 0.3) is 0 Å². The van der Waals surface area contributed by atoms with Gasteiger partial charge >= 0.3 is 0 Å². The van der Waals surface area contributed by atoms with Crippen molar-refractivity contribution in [3.8, 4) is 0 Å². The van der Waals surface area contributed by atoms with Crippen LogP contribution in [0, 0.1) is 0 Å². The van der Waals surface area contributed by atoms with Crippen molar-refractivity contribution in [2.45, 2.75) is 44.8 Å². The summed E-state index contributed by atoms with van der Waals surface area (Å²) in [5.74, 6) is 1.47. The number of aromatic nitrogens is 5. The minimum atomic E-state index is 0.0252. The van der Waals surface area contributed by atoms with Gasteiger partial charge in [-0.1, -0.05) is 6.07 Å². The molecular formula is C22H28N8O2. The molecule has 5 rings (SSSR count). The van der Waals surface area contributed by atoms with Crippen LogP contribution in [0.3, 0.4) is 0 Å². The molecule has 0 bridgehead atoms. The normalized spacial score (nSPS) is 18.8. The number of nitrogens with zero attached hydrogens (tertiary/aromatic N) is 7. The topological polar surface area (TPSA) is 112 Å². The lowest BCUT2D eigenvalue weighted by atomic mass is 10.2. The van der Waals surface area contributed by atoms with E-state index < -0.39 is 0 Å². The van der Waals surface area contributed by atoms with Crippen molar-refractivity contribution in [3.63, 3.8) is 0 Å². The van der Waals surface area contributed by atoms with Gasteiger partial charge in [-0.2, -0.15) is 9.97 Å². The van der Waals surface area contributed by atoms with Gasteiger partial charge in [0.15, 0.2) is 17.0 Å². The largest absolute Gasteiger partial charge is 0.394 e. The highest BCUT2D eigenvalue weighted by Gasteiger charge is 2.28. The van der Waals surface area contributed by atoms with Gasteiger partial charge in [0.05, 0.1) is 19.0 Å². The summed E-state index contributed by atoms with van der Waals surface area (Å²) in [6, 6.07) is 3.94. The van der Waals surface area contributed by atoms with Crippen molar-refractivity contribution in [2.75, 3.05) is 36.5 Å². The highest BCUT2D eigenvalue weighted by atomic mass is 16.3. The van der Waals surface area contributed by atoms with Gasteiger partial charge in [0.1, 0.15) is 0 Å². The third kappa shape index (κ3) is 4.10. The minimum absolute atomic E-state index is 0.0252. The molecule has 2 N–H and O–H groups in total. The number of nitrogens with one attached hydrogen (secondary N) is 1. The first kappa shape index (κ1) is 20.6. The van der Waals surface area contributed by atoms with Crippen LogP contribution in [-0.4, -0.2) is 72.7 Å². The maximum Gasteiger partial charge on any atom is 0.229 e. The van der Waals surface area contributed by atoms with Crippen molar-refractivity contribution < 1.29 is 9.90 Å². The predicted molar refractivity (Wildman–Crippen MR) is 120 cm³/mol. The van der Waals surface area contributed by atoms with Gasteiger partial charge in [-0.3, -0.25) is 9.78 Å². The van der Waals surface area contributed by atoms with Crippen LogP contribution in [0.5, 0.6) is 0 Å². The quantitative estimate of drug-likeness (QED) is 0.545. The number of imidazole rings is 1. The van der Waals surface area contributed by atoms with Crippen LogP contribution in [0.1, 0.15) is 31.2 Å². The number of amides is 1. The van der Waals surface area contributed by atoms with E-state index in [0.717, 1.165) is 43.6 Å². The standard InChI is InChI=1S/C22H28N8O2/c31-14-17-5-2-9-30(17)22-26-20(24-13-16-4-1-7-23-12-16)19-21(27-22)29(15-25-19)11-10-28-8-3-6-18(28)32/h1,4,7,12,15,17,31H,2-3,5-6,8-11,13-14H2,(H,24,26,27). The molecule has 2 aliphatic rings. The van der Waals surface area contributed by atoms with E-state index in [9.17, 15) is 9.90 Å². The SMILES string of the molecule is O=C1CCCN1CCn1cnc2c(NCc3cccnc3)nc(N3CCCC3CO)nc21. The fraction of sp³-hybridized carbons (Fsp3) is 0.500. The van der Waals surface area contributed by atoms with E-state index in [4.69, 9.17) is 9.97 Å². The Hall–Kier alpha value is -3.27. The number of pyridine rings is 1. The van der Waals surface area contributed by atoms with Crippen LogP contribution in [-0.2, 0) is 17.9 Å². The molecule has 10 heteroatoms. The average molecular weight is 437 g/mol. The Morgan fingerprint density at radius 1 is 1.19 bits per heavy atom. The van der Waals surface area contributed by atoms with Gasteiger partial charge < -0.3 is 24.8 Å². The third-order valence-corrected chi connectivity index (χ3v) is 6.26. The van der Waals surface area contributed by atoms with Crippen molar-refractivity contribution in [2.24, 2.45) is 0 Å². The van der Waals surface area contributed by atoms with Crippen LogP contribution in [0.4, 0.5) is 11.8 Å². The van der Waals surface area contributed by atoms with Crippen LogP contribution < -0.4 is 10.2 Å². The van der Waals surface area contributed by atoms with Crippen molar-refractivity contribution in [3.05, 3.63) is 36.4 Å². The first-order chi connectivity index (χ1) is 15.7. The molecule has 0 spiro atoms. The molecule has 1 amide bonds. The number of carbonyl (C=O) groups is 1. The van der Waals surface area contributed by atoms with Gasteiger partial charge in [-0.25, -0.2) is 4.98 Å². The summed E-state index contributed by atoms with van der Waals surface area (Å²) in [4.78, 5) is 34.4. The molecule has 0 aromatic carbocycles. The fourth-order valence-electron chi connectivity index (χ4n) is 4.49. The smallest absolute Gasteiger partial charge is 0.229 e. The Morgan fingerprint density at radius 2 is 2.12 bits per heavy atom. The van der Waals surface area contributed by atoms with E-state index >= 15 is 0 Å². The minimum Gasteiger partial charge on any atom is -0.394 e. The Morgan fingerprint density at radius 3 is 2.91 bits per heavy atom. The lowest BCUT2D eigenvalue weighted by Gasteiger charge is -2.23. The Balaban J connectivity index is 1.46. The molecule has 2 aliphatic heterocycles. The van der Waals surface area contributed by atoms with E-state index in [0.29, 0.717) is 43.3 Å². The molecule has 0 aliphatic carbocycles. The van der Waals surface area contributed by atoms with E-state index in [1.807, 2.05) is 27.8 Å². The number of anilines is 2. The lowest BCUT2D eigenvalue weighted by Crippen LogP contribution is -2.33. The summed E-state index contributed by atoms with van der Waals surface area (Å²) in [6.07, 6.45) is 8.83. The molecule has 1 unspecified atom stereocenters. The number of carbonyl (C=O) groups excluding carboxylic acids is 1. The van der Waals surface area contributed by atoms with E-state index in [1.165, 1.54) is 0 Å². The molecule has 5 heterocycles. The zero-order valence-electron chi connectivity index (χ0n) is 18.0. The number of aliphatic hydroxyl groups excluding tert-OH is 1. The summed E-state index contributed by atoms with van der Waals surface area (Å²) in [5, 5.41) is 13.2. The third-order valence-electron chi connectivity index (χ3n) is 6.26. The highest BCUT2D eigenvalue weighted by Crippen LogP contribution is 2.28. The summed E-state index contributed by atoms with van der Waals surface area (Å²) in [7, 11) is 0. The summed E-state index contributed by atoms with van der Waals surface area (Å²) < 4.78 is 1.99. The Labute approximate surface area is 186 Å². The maximum atomic E-state index is 12.0. The molecule has 0 radical (unpaired) electrons. The number of fused-ring (bicyclic) bond motifs is 1. The van der Waals surface area contributed by atoms with Gasteiger partial charge in [-0.05, 0) is 30.9 Å². The summed E-state index contributed by atoms with van der Waals surface area (Å²) in [6.45, 7) is 3.55. The predicted octanol–water partition coefficient (Wildman–Crippen LogP) is 1.42. The second-order valence-corrected chi connectivity index (χ2v) is 8.35. The van der Waals surface area contributed by atoms with Gasteiger partial charge in [0.2, 0.25) is 11.9 Å². The monoisotopic (exact) mass is 436 g/mol. The van der Waals surface area contributed by atoms with Crippen LogP contribution in [0.25, 0.3) is 11.2 Å².